The highest BCUT2D eigenvalue weighted by atomic mass is 32.1. The number of aromatic carboxylic acids is 1. The lowest BCUT2D eigenvalue weighted by Gasteiger charge is -2.09. The standard InChI is InChI=1S/C15H18N2O2S/c18-15(19)12-7-11(8-16-12)13-9-20-14(17-13)10-5-3-1-2-4-6-10/h7-10,16H,1-6H2,(H,18,19). The predicted molar refractivity (Wildman–Crippen MR) is 79.3 cm³/mol. The Morgan fingerprint density at radius 1 is 1.30 bits per heavy atom. The van der Waals surface area contributed by atoms with Gasteiger partial charge in [-0.05, 0) is 18.9 Å². The van der Waals surface area contributed by atoms with Gasteiger partial charge in [-0.3, -0.25) is 0 Å². The number of hydrogen-bond acceptors (Lipinski definition) is 3. The summed E-state index contributed by atoms with van der Waals surface area (Å²) in [7, 11) is 0. The third-order valence-electron chi connectivity index (χ3n) is 3.94. The molecule has 0 aliphatic heterocycles. The maximum Gasteiger partial charge on any atom is 0.352 e. The molecule has 1 aliphatic rings. The van der Waals surface area contributed by atoms with Crippen LogP contribution in [0.25, 0.3) is 11.3 Å². The summed E-state index contributed by atoms with van der Waals surface area (Å²) in [6.07, 6.45) is 9.47. The van der Waals surface area contributed by atoms with Crippen molar-refractivity contribution >= 4 is 17.3 Å². The third-order valence-corrected chi connectivity index (χ3v) is 4.94. The number of carboxylic acid groups (broad SMARTS) is 1. The number of aromatic amines is 1. The van der Waals surface area contributed by atoms with Gasteiger partial charge in [0.15, 0.2) is 0 Å². The van der Waals surface area contributed by atoms with E-state index in [2.05, 4.69) is 4.98 Å². The Balaban J connectivity index is 1.79. The highest BCUT2D eigenvalue weighted by Gasteiger charge is 2.18. The molecule has 0 atom stereocenters. The Hall–Kier alpha value is -1.62. The molecule has 2 aromatic heterocycles. The third kappa shape index (κ3) is 2.77. The SMILES string of the molecule is O=C(O)c1cc(-c2csc(C3CCCCCC3)n2)c[nH]1. The summed E-state index contributed by atoms with van der Waals surface area (Å²) in [4.78, 5) is 18.4. The average molecular weight is 290 g/mol. The van der Waals surface area contributed by atoms with Gasteiger partial charge in [0.25, 0.3) is 0 Å². The van der Waals surface area contributed by atoms with Gasteiger partial charge in [-0.15, -0.1) is 11.3 Å². The topological polar surface area (TPSA) is 66.0 Å². The van der Waals surface area contributed by atoms with Crippen molar-refractivity contribution in [2.45, 2.75) is 44.4 Å². The van der Waals surface area contributed by atoms with Crippen molar-refractivity contribution in [3.05, 3.63) is 28.3 Å². The predicted octanol–water partition coefficient (Wildman–Crippen LogP) is 4.27. The molecule has 1 saturated carbocycles. The summed E-state index contributed by atoms with van der Waals surface area (Å²) in [5.74, 6) is -0.343. The maximum atomic E-state index is 10.9. The van der Waals surface area contributed by atoms with Crippen LogP contribution in [0.2, 0.25) is 0 Å². The van der Waals surface area contributed by atoms with Crippen molar-refractivity contribution < 1.29 is 9.90 Å². The van der Waals surface area contributed by atoms with Gasteiger partial charge >= 0.3 is 5.97 Å². The van der Waals surface area contributed by atoms with E-state index < -0.39 is 5.97 Å². The Morgan fingerprint density at radius 2 is 2.05 bits per heavy atom. The first-order valence-electron chi connectivity index (χ1n) is 7.11. The van der Waals surface area contributed by atoms with Gasteiger partial charge in [-0.2, -0.15) is 0 Å². The molecule has 106 valence electrons. The van der Waals surface area contributed by atoms with Gasteiger partial charge in [0.1, 0.15) is 5.69 Å². The van der Waals surface area contributed by atoms with Crippen LogP contribution in [0, 0.1) is 0 Å². The summed E-state index contributed by atoms with van der Waals surface area (Å²) >= 11 is 1.71. The van der Waals surface area contributed by atoms with Gasteiger partial charge in [0.05, 0.1) is 10.7 Å². The molecule has 2 aromatic rings. The first kappa shape index (κ1) is 13.4. The lowest BCUT2D eigenvalue weighted by atomic mass is 10.0. The minimum atomic E-state index is -0.935. The molecule has 0 radical (unpaired) electrons. The monoisotopic (exact) mass is 290 g/mol. The number of carboxylic acids is 1. The van der Waals surface area contributed by atoms with E-state index in [0.717, 1.165) is 11.3 Å². The van der Waals surface area contributed by atoms with Crippen LogP contribution >= 0.6 is 11.3 Å². The summed E-state index contributed by atoms with van der Waals surface area (Å²) in [5, 5.41) is 12.2. The highest BCUT2D eigenvalue weighted by Crippen LogP contribution is 2.35. The van der Waals surface area contributed by atoms with Gasteiger partial charge in [0, 0.05) is 23.1 Å². The minimum Gasteiger partial charge on any atom is -0.477 e. The van der Waals surface area contributed by atoms with Crippen LogP contribution in [-0.2, 0) is 0 Å². The molecule has 1 aliphatic carbocycles. The largest absolute Gasteiger partial charge is 0.477 e. The van der Waals surface area contributed by atoms with E-state index in [1.807, 2.05) is 5.38 Å². The van der Waals surface area contributed by atoms with Crippen LogP contribution in [0.4, 0.5) is 0 Å². The van der Waals surface area contributed by atoms with Gasteiger partial charge < -0.3 is 10.1 Å². The lowest BCUT2D eigenvalue weighted by Crippen LogP contribution is -1.96. The number of nitrogens with zero attached hydrogens (tertiary/aromatic N) is 1. The molecule has 2 N–H and O–H groups in total. The first-order chi connectivity index (χ1) is 9.74. The molecule has 0 spiro atoms. The van der Waals surface area contributed by atoms with Crippen LogP contribution in [0.15, 0.2) is 17.6 Å². The van der Waals surface area contributed by atoms with Crippen molar-refractivity contribution in [1.29, 1.82) is 0 Å². The smallest absolute Gasteiger partial charge is 0.352 e. The summed E-state index contributed by atoms with van der Waals surface area (Å²) in [6, 6.07) is 1.65. The van der Waals surface area contributed by atoms with Crippen molar-refractivity contribution in [1.82, 2.24) is 9.97 Å². The molecule has 5 heteroatoms. The second-order valence-corrected chi connectivity index (χ2v) is 6.26. The fraction of sp³-hybridized carbons (Fsp3) is 0.467. The molecule has 1 fully saturated rings. The molecule has 0 aromatic carbocycles. The Morgan fingerprint density at radius 3 is 2.70 bits per heavy atom. The zero-order valence-electron chi connectivity index (χ0n) is 11.3. The Labute approximate surface area is 121 Å². The molecule has 0 bridgehead atoms. The molecule has 0 amide bonds. The van der Waals surface area contributed by atoms with Crippen molar-refractivity contribution in [2.24, 2.45) is 0 Å². The Bertz CT molecular complexity index is 595. The number of thiazole rings is 1. The zero-order chi connectivity index (χ0) is 13.9. The fourth-order valence-electron chi connectivity index (χ4n) is 2.80. The number of rotatable bonds is 3. The van der Waals surface area contributed by atoms with Crippen molar-refractivity contribution in [3.8, 4) is 11.3 Å². The van der Waals surface area contributed by atoms with Gasteiger partial charge in [-0.25, -0.2) is 9.78 Å². The van der Waals surface area contributed by atoms with Crippen LogP contribution in [0.5, 0.6) is 0 Å². The van der Waals surface area contributed by atoms with E-state index >= 15 is 0 Å². The van der Waals surface area contributed by atoms with Crippen LogP contribution < -0.4 is 0 Å². The normalized spacial score (nSPS) is 17.0. The molecule has 0 unspecified atom stereocenters. The van der Waals surface area contributed by atoms with E-state index in [0.29, 0.717) is 5.92 Å². The molecule has 2 heterocycles. The van der Waals surface area contributed by atoms with Crippen molar-refractivity contribution in [2.75, 3.05) is 0 Å². The summed E-state index contributed by atoms with van der Waals surface area (Å²) in [6.45, 7) is 0. The number of nitrogens with one attached hydrogen (secondary N) is 1. The minimum absolute atomic E-state index is 0.212. The lowest BCUT2D eigenvalue weighted by molar-refractivity contribution is 0.0691. The molecule has 4 nitrogen and oxygen atoms in total. The van der Waals surface area contributed by atoms with Crippen LogP contribution in [-0.4, -0.2) is 21.0 Å². The number of H-pyrrole nitrogens is 1. The molecule has 3 rings (SSSR count). The second kappa shape index (κ2) is 5.79. The van der Waals surface area contributed by atoms with E-state index in [1.54, 1.807) is 23.6 Å². The van der Waals surface area contributed by atoms with E-state index in [4.69, 9.17) is 10.1 Å². The quantitative estimate of drug-likeness (QED) is 0.829. The zero-order valence-corrected chi connectivity index (χ0v) is 12.1. The average Bonchev–Trinajstić information content (AvgIpc) is 3.02. The maximum absolute atomic E-state index is 10.9. The Kier molecular flexibility index (Phi) is 3.87. The molecule has 20 heavy (non-hydrogen) atoms. The van der Waals surface area contributed by atoms with Gasteiger partial charge in [-0.1, -0.05) is 25.7 Å². The fourth-order valence-corrected chi connectivity index (χ4v) is 3.80. The van der Waals surface area contributed by atoms with Crippen LogP contribution in [0.1, 0.15) is 59.9 Å². The van der Waals surface area contributed by atoms with E-state index in [9.17, 15) is 4.79 Å². The van der Waals surface area contributed by atoms with Gasteiger partial charge in [0.2, 0.25) is 0 Å². The van der Waals surface area contributed by atoms with Crippen LogP contribution in [0.3, 0.4) is 0 Å². The molecular weight excluding hydrogens is 272 g/mol. The molecular formula is C15H18N2O2S. The summed E-state index contributed by atoms with van der Waals surface area (Å²) in [5.41, 5.74) is 1.96. The number of hydrogen-bond donors (Lipinski definition) is 2. The van der Waals surface area contributed by atoms with E-state index in [-0.39, 0.29) is 5.69 Å². The second-order valence-electron chi connectivity index (χ2n) is 5.37. The summed E-state index contributed by atoms with van der Waals surface area (Å²) < 4.78 is 0. The van der Waals surface area contributed by atoms with E-state index in [1.165, 1.54) is 43.5 Å². The number of aromatic nitrogens is 2. The highest BCUT2D eigenvalue weighted by molar-refractivity contribution is 7.10. The number of carbonyl (C=O) groups is 1. The van der Waals surface area contributed by atoms with Crippen molar-refractivity contribution in [3.63, 3.8) is 0 Å². The molecule has 0 saturated heterocycles. The first-order valence-corrected chi connectivity index (χ1v) is 7.99.